The van der Waals surface area contributed by atoms with E-state index in [0.717, 1.165) is 0 Å². The number of nitrogen functional groups attached to an aromatic ring is 1. The number of pyridine rings is 1. The fourth-order valence-electron chi connectivity index (χ4n) is 1.56. The Kier molecular flexibility index (Phi) is 3.40. The van der Waals surface area contributed by atoms with Gasteiger partial charge in [-0.25, -0.2) is 4.39 Å². The minimum atomic E-state index is -0.990. The maximum atomic E-state index is 13.2. The van der Waals surface area contributed by atoms with E-state index in [4.69, 9.17) is 5.73 Å². The summed E-state index contributed by atoms with van der Waals surface area (Å²) in [5.41, 5.74) is 7.04. The van der Waals surface area contributed by atoms with Crippen LogP contribution in [0.15, 0.2) is 41.1 Å². The highest BCUT2D eigenvalue weighted by Crippen LogP contribution is 2.28. The Morgan fingerprint density at radius 2 is 2.12 bits per heavy atom. The Hall–Kier alpha value is -1.46. The van der Waals surface area contributed by atoms with Gasteiger partial charge in [0.1, 0.15) is 11.9 Å². The van der Waals surface area contributed by atoms with E-state index in [9.17, 15) is 9.50 Å². The molecule has 3 nitrogen and oxygen atoms in total. The quantitative estimate of drug-likeness (QED) is 0.896. The van der Waals surface area contributed by atoms with Crippen LogP contribution in [0.5, 0.6) is 0 Å². The second kappa shape index (κ2) is 4.81. The first-order valence-corrected chi connectivity index (χ1v) is 5.70. The van der Waals surface area contributed by atoms with Crippen LogP contribution in [-0.4, -0.2) is 10.1 Å². The summed E-state index contributed by atoms with van der Waals surface area (Å²) in [7, 11) is 0. The lowest BCUT2D eigenvalue weighted by Gasteiger charge is -2.13. The molecular weight excluding hydrogens is 287 g/mol. The van der Waals surface area contributed by atoms with Crippen molar-refractivity contribution in [2.24, 2.45) is 0 Å². The summed E-state index contributed by atoms with van der Waals surface area (Å²) >= 11 is 3.17. The molecule has 0 aliphatic carbocycles. The molecule has 0 saturated carbocycles. The van der Waals surface area contributed by atoms with Crippen molar-refractivity contribution in [3.63, 3.8) is 0 Å². The van der Waals surface area contributed by atoms with Crippen LogP contribution in [0.4, 0.5) is 10.1 Å². The number of halogens is 2. The number of nitrogens with two attached hydrogens (primary N) is 1. The lowest BCUT2D eigenvalue weighted by Crippen LogP contribution is -2.04. The third-order valence-electron chi connectivity index (χ3n) is 2.38. The van der Waals surface area contributed by atoms with Gasteiger partial charge in [0.15, 0.2) is 0 Å². The number of aliphatic hydroxyl groups excluding tert-OH is 1. The number of aliphatic hydroxyl groups is 1. The molecule has 2 aromatic rings. The van der Waals surface area contributed by atoms with Crippen LogP contribution in [0, 0.1) is 5.82 Å². The molecule has 1 atom stereocenters. The Bertz CT molecular complexity index is 528. The van der Waals surface area contributed by atoms with Gasteiger partial charge >= 0.3 is 0 Å². The van der Waals surface area contributed by atoms with Crippen LogP contribution in [0.3, 0.4) is 0 Å². The highest BCUT2D eigenvalue weighted by Gasteiger charge is 2.14. The molecule has 0 amide bonds. The molecule has 1 unspecified atom stereocenters. The molecule has 0 bridgehead atoms. The summed E-state index contributed by atoms with van der Waals surface area (Å²) in [4.78, 5) is 3.89. The second-order valence-electron chi connectivity index (χ2n) is 3.61. The van der Waals surface area contributed by atoms with Gasteiger partial charge in [-0.15, -0.1) is 0 Å². The normalized spacial score (nSPS) is 12.4. The van der Waals surface area contributed by atoms with Gasteiger partial charge in [0.2, 0.25) is 0 Å². The Labute approximate surface area is 106 Å². The van der Waals surface area contributed by atoms with E-state index in [0.29, 0.717) is 21.3 Å². The summed E-state index contributed by atoms with van der Waals surface area (Å²) in [6.45, 7) is 0. The SMILES string of the molecule is Nc1ccncc1C(O)c1cc(F)cc(Br)c1. The summed E-state index contributed by atoms with van der Waals surface area (Å²) in [5.74, 6) is -0.420. The zero-order valence-electron chi connectivity index (χ0n) is 8.77. The average Bonchev–Trinajstić information content (AvgIpc) is 2.27. The van der Waals surface area contributed by atoms with E-state index in [1.807, 2.05) is 0 Å². The molecule has 0 saturated heterocycles. The number of hydrogen-bond acceptors (Lipinski definition) is 3. The maximum Gasteiger partial charge on any atom is 0.124 e. The van der Waals surface area contributed by atoms with Crippen LogP contribution in [0.1, 0.15) is 17.2 Å². The summed E-state index contributed by atoms with van der Waals surface area (Å²) in [6, 6.07) is 5.82. The van der Waals surface area contributed by atoms with Crippen molar-refractivity contribution in [1.82, 2.24) is 4.98 Å². The Balaban J connectivity index is 2.43. The highest BCUT2D eigenvalue weighted by atomic mass is 79.9. The topological polar surface area (TPSA) is 59.1 Å². The third kappa shape index (κ3) is 2.62. The van der Waals surface area contributed by atoms with E-state index in [-0.39, 0.29) is 0 Å². The minimum absolute atomic E-state index is 0.420. The monoisotopic (exact) mass is 296 g/mol. The van der Waals surface area contributed by atoms with Crippen molar-refractivity contribution in [3.05, 3.63) is 58.1 Å². The summed E-state index contributed by atoms with van der Waals surface area (Å²) < 4.78 is 13.8. The molecule has 1 aromatic heterocycles. The molecule has 1 heterocycles. The minimum Gasteiger partial charge on any atom is -0.398 e. The van der Waals surface area contributed by atoms with Crippen LogP contribution in [0.25, 0.3) is 0 Å². The number of hydrogen-bond donors (Lipinski definition) is 2. The maximum absolute atomic E-state index is 13.2. The van der Waals surface area contributed by atoms with Gasteiger partial charge in [-0.05, 0) is 29.8 Å². The first-order valence-electron chi connectivity index (χ1n) is 4.91. The fourth-order valence-corrected chi connectivity index (χ4v) is 2.04. The molecule has 1 aromatic carbocycles. The Morgan fingerprint density at radius 1 is 1.35 bits per heavy atom. The first kappa shape index (κ1) is 12.0. The van der Waals surface area contributed by atoms with Gasteiger partial charge in [-0.3, -0.25) is 4.98 Å². The van der Waals surface area contributed by atoms with Gasteiger partial charge in [-0.1, -0.05) is 15.9 Å². The van der Waals surface area contributed by atoms with Gasteiger partial charge in [0, 0.05) is 28.1 Å². The van der Waals surface area contributed by atoms with E-state index in [1.165, 1.54) is 24.5 Å². The van der Waals surface area contributed by atoms with E-state index in [1.54, 1.807) is 12.1 Å². The molecule has 0 fully saturated rings. The number of aromatic nitrogens is 1. The van der Waals surface area contributed by atoms with Crippen molar-refractivity contribution >= 4 is 21.6 Å². The zero-order valence-corrected chi connectivity index (χ0v) is 10.4. The fraction of sp³-hybridized carbons (Fsp3) is 0.0833. The third-order valence-corrected chi connectivity index (χ3v) is 2.84. The Morgan fingerprint density at radius 3 is 2.76 bits per heavy atom. The van der Waals surface area contributed by atoms with E-state index < -0.39 is 11.9 Å². The van der Waals surface area contributed by atoms with Gasteiger partial charge in [-0.2, -0.15) is 0 Å². The van der Waals surface area contributed by atoms with E-state index >= 15 is 0 Å². The predicted octanol–water partition coefficient (Wildman–Crippen LogP) is 2.65. The number of benzene rings is 1. The van der Waals surface area contributed by atoms with Gasteiger partial charge in [0.05, 0.1) is 0 Å². The number of rotatable bonds is 2. The number of nitrogens with zero attached hydrogens (tertiary/aromatic N) is 1. The first-order chi connectivity index (χ1) is 8.08. The molecule has 0 spiro atoms. The molecule has 2 rings (SSSR count). The second-order valence-corrected chi connectivity index (χ2v) is 4.53. The molecule has 5 heteroatoms. The standard InChI is InChI=1S/C12H10BrFN2O/c13-8-3-7(4-9(14)5-8)12(17)10-6-16-2-1-11(10)15/h1-6,12,17H,(H2,15,16). The molecular formula is C12H10BrFN2O. The highest BCUT2D eigenvalue weighted by molar-refractivity contribution is 9.10. The zero-order chi connectivity index (χ0) is 12.4. The molecule has 0 aliphatic heterocycles. The van der Waals surface area contributed by atoms with E-state index in [2.05, 4.69) is 20.9 Å². The molecule has 0 radical (unpaired) electrons. The predicted molar refractivity (Wildman–Crippen MR) is 66.8 cm³/mol. The molecule has 17 heavy (non-hydrogen) atoms. The van der Waals surface area contributed by atoms with Crippen molar-refractivity contribution < 1.29 is 9.50 Å². The van der Waals surface area contributed by atoms with Crippen molar-refractivity contribution in [2.45, 2.75) is 6.10 Å². The van der Waals surface area contributed by atoms with Crippen molar-refractivity contribution in [3.8, 4) is 0 Å². The van der Waals surface area contributed by atoms with Crippen LogP contribution >= 0.6 is 15.9 Å². The molecule has 0 aliphatic rings. The molecule has 88 valence electrons. The molecule has 3 N–H and O–H groups in total. The van der Waals surface area contributed by atoms with Crippen LogP contribution in [-0.2, 0) is 0 Å². The lowest BCUT2D eigenvalue weighted by molar-refractivity contribution is 0.220. The van der Waals surface area contributed by atoms with Crippen molar-refractivity contribution in [2.75, 3.05) is 5.73 Å². The lowest BCUT2D eigenvalue weighted by atomic mass is 10.0. The van der Waals surface area contributed by atoms with Crippen molar-refractivity contribution in [1.29, 1.82) is 0 Å². The van der Waals surface area contributed by atoms with Crippen LogP contribution < -0.4 is 5.73 Å². The van der Waals surface area contributed by atoms with Gasteiger partial charge in [0.25, 0.3) is 0 Å². The van der Waals surface area contributed by atoms with Crippen LogP contribution in [0.2, 0.25) is 0 Å². The largest absolute Gasteiger partial charge is 0.398 e. The smallest absolute Gasteiger partial charge is 0.124 e. The average molecular weight is 297 g/mol. The number of anilines is 1. The van der Waals surface area contributed by atoms with Gasteiger partial charge < -0.3 is 10.8 Å². The summed E-state index contributed by atoms with van der Waals surface area (Å²) in [6.07, 6.45) is 2.02. The summed E-state index contributed by atoms with van der Waals surface area (Å²) in [5, 5.41) is 10.1.